The molecule has 1 saturated heterocycles. The Bertz CT molecular complexity index is 214. The first-order valence-corrected chi connectivity index (χ1v) is 10.1. The quantitative estimate of drug-likeness (QED) is 0.356. The van der Waals surface area contributed by atoms with E-state index in [1.165, 1.54) is 103 Å². The zero-order chi connectivity index (χ0) is 15.2. The maximum Gasteiger partial charge on any atom is 0.00701 e. The van der Waals surface area contributed by atoms with E-state index in [0.717, 1.165) is 12.1 Å². The van der Waals surface area contributed by atoms with Gasteiger partial charge in [0.25, 0.3) is 0 Å². The smallest absolute Gasteiger partial charge is 0.00701 e. The van der Waals surface area contributed by atoms with E-state index in [2.05, 4.69) is 19.2 Å². The highest BCUT2D eigenvalue weighted by Gasteiger charge is 2.18. The average Bonchev–Trinajstić information content (AvgIpc) is 2.89. The van der Waals surface area contributed by atoms with Gasteiger partial charge in [-0.1, -0.05) is 90.4 Å². The van der Waals surface area contributed by atoms with Crippen LogP contribution in [-0.2, 0) is 0 Å². The minimum absolute atomic E-state index is 0.775. The molecule has 1 N–H and O–H groups in total. The molecule has 1 heterocycles. The molecule has 1 aliphatic rings. The Balaban J connectivity index is 1.69. The second-order valence-electron chi connectivity index (χ2n) is 7.37. The van der Waals surface area contributed by atoms with Crippen molar-refractivity contribution in [1.82, 2.24) is 5.32 Å². The molecular formula is C20H41N. The zero-order valence-corrected chi connectivity index (χ0v) is 15.0. The van der Waals surface area contributed by atoms with Crippen LogP contribution in [0.4, 0.5) is 0 Å². The normalized spacial score (nSPS) is 22.0. The summed E-state index contributed by atoms with van der Waals surface area (Å²) in [7, 11) is 0. The Kier molecular flexibility index (Phi) is 12.3. The van der Waals surface area contributed by atoms with Crippen molar-refractivity contribution in [2.75, 3.05) is 0 Å². The van der Waals surface area contributed by atoms with Crippen molar-refractivity contribution in [2.45, 2.75) is 129 Å². The summed E-state index contributed by atoms with van der Waals surface area (Å²) >= 11 is 0. The second kappa shape index (κ2) is 13.6. The average molecular weight is 296 g/mol. The fraction of sp³-hybridized carbons (Fsp3) is 1.00. The van der Waals surface area contributed by atoms with E-state index < -0.39 is 0 Å². The number of rotatable bonds is 14. The predicted octanol–water partition coefficient (Wildman–Crippen LogP) is 6.61. The van der Waals surface area contributed by atoms with Gasteiger partial charge in [-0.25, -0.2) is 0 Å². The van der Waals surface area contributed by atoms with E-state index in [9.17, 15) is 0 Å². The highest BCUT2D eigenvalue weighted by atomic mass is 15.0. The summed E-state index contributed by atoms with van der Waals surface area (Å²) in [6.45, 7) is 4.62. The molecule has 21 heavy (non-hydrogen) atoms. The largest absolute Gasteiger partial charge is 0.312 e. The monoisotopic (exact) mass is 295 g/mol. The van der Waals surface area contributed by atoms with Crippen molar-refractivity contribution in [3.8, 4) is 0 Å². The van der Waals surface area contributed by atoms with E-state index in [-0.39, 0.29) is 0 Å². The van der Waals surface area contributed by atoms with Gasteiger partial charge in [0.15, 0.2) is 0 Å². The zero-order valence-electron chi connectivity index (χ0n) is 15.0. The lowest BCUT2D eigenvalue weighted by atomic mass is 10.0. The molecule has 0 amide bonds. The van der Waals surface area contributed by atoms with Crippen LogP contribution in [0.15, 0.2) is 0 Å². The van der Waals surface area contributed by atoms with Gasteiger partial charge in [-0.2, -0.15) is 0 Å². The summed E-state index contributed by atoms with van der Waals surface area (Å²) in [4.78, 5) is 0. The summed E-state index contributed by atoms with van der Waals surface area (Å²) in [5.41, 5.74) is 0. The maximum absolute atomic E-state index is 3.70. The first kappa shape index (κ1) is 19.0. The van der Waals surface area contributed by atoms with Gasteiger partial charge >= 0.3 is 0 Å². The van der Waals surface area contributed by atoms with Crippen LogP contribution in [-0.4, -0.2) is 12.1 Å². The SMILES string of the molecule is CCCCCCCCCCCCCCC[C@@H]1CC[C@H](C)N1. The Morgan fingerprint density at radius 1 is 0.667 bits per heavy atom. The fourth-order valence-electron chi connectivity index (χ4n) is 3.66. The summed E-state index contributed by atoms with van der Waals surface area (Å²) < 4.78 is 0. The van der Waals surface area contributed by atoms with E-state index >= 15 is 0 Å². The van der Waals surface area contributed by atoms with Crippen LogP contribution in [0, 0.1) is 0 Å². The third-order valence-electron chi connectivity index (χ3n) is 5.12. The molecule has 0 aliphatic carbocycles. The Morgan fingerprint density at radius 3 is 1.57 bits per heavy atom. The Labute approximate surface area is 134 Å². The summed E-state index contributed by atoms with van der Waals surface area (Å²) in [5, 5.41) is 3.70. The van der Waals surface area contributed by atoms with Gasteiger partial charge in [0.1, 0.15) is 0 Å². The van der Waals surface area contributed by atoms with Crippen LogP contribution in [0.25, 0.3) is 0 Å². The number of nitrogens with one attached hydrogen (secondary N) is 1. The summed E-state index contributed by atoms with van der Waals surface area (Å²) in [5.74, 6) is 0. The van der Waals surface area contributed by atoms with Gasteiger partial charge in [0.2, 0.25) is 0 Å². The fourth-order valence-corrected chi connectivity index (χ4v) is 3.66. The highest BCUT2D eigenvalue weighted by Crippen LogP contribution is 2.18. The molecule has 0 bridgehead atoms. The topological polar surface area (TPSA) is 12.0 Å². The van der Waals surface area contributed by atoms with Crippen LogP contribution in [0.5, 0.6) is 0 Å². The molecule has 1 nitrogen and oxygen atoms in total. The number of hydrogen-bond donors (Lipinski definition) is 1. The molecule has 0 saturated carbocycles. The molecule has 0 unspecified atom stereocenters. The molecule has 1 fully saturated rings. The lowest BCUT2D eigenvalue weighted by Gasteiger charge is -2.11. The highest BCUT2D eigenvalue weighted by molar-refractivity contribution is 4.80. The van der Waals surface area contributed by atoms with Crippen molar-refractivity contribution < 1.29 is 0 Å². The summed E-state index contributed by atoms with van der Waals surface area (Å²) in [6.07, 6.45) is 23.2. The predicted molar refractivity (Wildman–Crippen MR) is 95.9 cm³/mol. The third-order valence-corrected chi connectivity index (χ3v) is 5.12. The molecule has 0 spiro atoms. The molecule has 2 atom stereocenters. The molecule has 0 aromatic rings. The van der Waals surface area contributed by atoms with E-state index in [0.29, 0.717) is 0 Å². The van der Waals surface area contributed by atoms with Crippen LogP contribution >= 0.6 is 0 Å². The van der Waals surface area contributed by atoms with Gasteiger partial charge in [-0.15, -0.1) is 0 Å². The van der Waals surface area contributed by atoms with E-state index in [1.54, 1.807) is 0 Å². The molecule has 1 heteroatoms. The molecule has 1 rings (SSSR count). The van der Waals surface area contributed by atoms with Gasteiger partial charge in [-0.3, -0.25) is 0 Å². The Hall–Kier alpha value is -0.0400. The summed E-state index contributed by atoms with van der Waals surface area (Å²) in [6, 6.07) is 1.62. The van der Waals surface area contributed by atoms with Gasteiger partial charge in [0.05, 0.1) is 0 Å². The van der Waals surface area contributed by atoms with Crippen LogP contribution in [0.1, 0.15) is 117 Å². The van der Waals surface area contributed by atoms with Gasteiger partial charge in [-0.05, 0) is 26.2 Å². The van der Waals surface area contributed by atoms with Crippen molar-refractivity contribution >= 4 is 0 Å². The van der Waals surface area contributed by atoms with Crippen LogP contribution in [0.2, 0.25) is 0 Å². The molecular weight excluding hydrogens is 254 g/mol. The van der Waals surface area contributed by atoms with Gasteiger partial charge in [0, 0.05) is 12.1 Å². The molecule has 126 valence electrons. The maximum atomic E-state index is 3.70. The van der Waals surface area contributed by atoms with E-state index in [4.69, 9.17) is 0 Å². The third kappa shape index (κ3) is 11.2. The van der Waals surface area contributed by atoms with Crippen molar-refractivity contribution in [2.24, 2.45) is 0 Å². The molecule has 1 aliphatic heterocycles. The minimum atomic E-state index is 0.775. The van der Waals surface area contributed by atoms with E-state index in [1.807, 2.05) is 0 Å². The van der Waals surface area contributed by atoms with Crippen molar-refractivity contribution in [3.63, 3.8) is 0 Å². The lowest BCUT2D eigenvalue weighted by molar-refractivity contribution is 0.483. The molecule has 0 aromatic heterocycles. The van der Waals surface area contributed by atoms with Crippen LogP contribution in [0.3, 0.4) is 0 Å². The lowest BCUT2D eigenvalue weighted by Crippen LogP contribution is -2.26. The standard InChI is InChI=1S/C20H41N/c1-3-4-5-6-7-8-9-10-11-12-13-14-15-16-20-18-17-19(2)21-20/h19-21H,3-18H2,1-2H3/t19-,20+/m0/s1. The molecule has 0 aromatic carbocycles. The minimum Gasteiger partial charge on any atom is -0.312 e. The van der Waals surface area contributed by atoms with Gasteiger partial charge < -0.3 is 5.32 Å². The van der Waals surface area contributed by atoms with Crippen LogP contribution < -0.4 is 5.32 Å². The first-order chi connectivity index (χ1) is 10.3. The number of hydrogen-bond acceptors (Lipinski definition) is 1. The first-order valence-electron chi connectivity index (χ1n) is 10.1. The number of unbranched alkanes of at least 4 members (excludes halogenated alkanes) is 12. The van der Waals surface area contributed by atoms with Crippen molar-refractivity contribution in [1.29, 1.82) is 0 Å². The molecule has 0 radical (unpaired) electrons. The van der Waals surface area contributed by atoms with Crippen molar-refractivity contribution in [3.05, 3.63) is 0 Å². The second-order valence-corrected chi connectivity index (χ2v) is 7.37. The Morgan fingerprint density at radius 2 is 1.14 bits per heavy atom.